The van der Waals surface area contributed by atoms with E-state index >= 15 is 0 Å². The highest BCUT2D eigenvalue weighted by Crippen LogP contribution is 2.36. The minimum Gasteiger partial charge on any atom is -0.494 e. The first-order chi connectivity index (χ1) is 16.0. The van der Waals surface area contributed by atoms with E-state index in [9.17, 15) is 4.79 Å². The van der Waals surface area contributed by atoms with Crippen LogP contribution in [0.4, 0.5) is 5.13 Å². The first kappa shape index (κ1) is 23.5. The van der Waals surface area contributed by atoms with E-state index in [1.807, 2.05) is 43.3 Å². The number of rotatable bonds is 9. The molecule has 1 aliphatic heterocycles. The highest BCUT2D eigenvalue weighted by atomic mass is 32.1. The lowest BCUT2D eigenvalue weighted by Crippen LogP contribution is -2.40. The number of carbonyl (C=O) groups is 1. The molecule has 176 valence electrons. The fourth-order valence-electron chi connectivity index (χ4n) is 3.91. The van der Waals surface area contributed by atoms with E-state index in [2.05, 4.69) is 11.8 Å². The van der Waals surface area contributed by atoms with Gasteiger partial charge in [-0.1, -0.05) is 29.5 Å². The molecule has 0 saturated carbocycles. The smallest absolute Gasteiger partial charge is 0.266 e. The molecule has 3 aromatic rings. The Labute approximate surface area is 198 Å². The van der Waals surface area contributed by atoms with Crippen molar-refractivity contribution in [3.8, 4) is 11.5 Å². The molecule has 0 atom stereocenters. The normalized spacial score (nSPS) is 14.4. The van der Waals surface area contributed by atoms with Gasteiger partial charge in [0.25, 0.3) is 5.91 Å². The molecule has 1 fully saturated rings. The van der Waals surface area contributed by atoms with Crippen LogP contribution in [0.2, 0.25) is 0 Å². The molecule has 0 aliphatic carbocycles. The Morgan fingerprint density at radius 3 is 2.79 bits per heavy atom. The van der Waals surface area contributed by atoms with Crippen molar-refractivity contribution in [2.24, 2.45) is 0 Å². The van der Waals surface area contributed by atoms with Crippen molar-refractivity contribution in [3.63, 3.8) is 0 Å². The number of anilines is 1. The number of fused-ring (bicyclic) bond motifs is 1. The monoisotopic (exact) mass is 469 g/mol. The van der Waals surface area contributed by atoms with Crippen molar-refractivity contribution in [2.45, 2.75) is 20.3 Å². The van der Waals surface area contributed by atoms with E-state index in [1.54, 1.807) is 12.0 Å². The minimum absolute atomic E-state index is 0.0347. The molecule has 0 unspecified atom stereocenters. The van der Waals surface area contributed by atoms with E-state index in [4.69, 9.17) is 19.2 Å². The average Bonchev–Trinajstić information content (AvgIpc) is 3.27. The molecular formula is C25H31N3O4S. The van der Waals surface area contributed by atoms with Crippen molar-refractivity contribution >= 4 is 32.6 Å². The van der Waals surface area contributed by atoms with E-state index in [1.165, 1.54) is 11.3 Å². The van der Waals surface area contributed by atoms with Gasteiger partial charge in [0.1, 0.15) is 17.0 Å². The molecule has 1 aliphatic rings. The number of aromatic nitrogens is 1. The molecule has 1 aromatic heterocycles. The summed E-state index contributed by atoms with van der Waals surface area (Å²) in [6, 6.07) is 11.7. The van der Waals surface area contributed by atoms with E-state index in [0.717, 1.165) is 66.4 Å². The third-order valence-electron chi connectivity index (χ3n) is 5.76. The number of hydrogen-bond donors (Lipinski definition) is 0. The highest BCUT2D eigenvalue weighted by molar-refractivity contribution is 7.22. The number of aryl methyl sites for hydroxylation is 2. The quantitative estimate of drug-likeness (QED) is 0.471. The number of benzene rings is 2. The van der Waals surface area contributed by atoms with Gasteiger partial charge in [-0.25, -0.2) is 4.98 Å². The van der Waals surface area contributed by atoms with Crippen molar-refractivity contribution < 1.29 is 19.0 Å². The van der Waals surface area contributed by atoms with Crippen LogP contribution < -0.4 is 14.4 Å². The SMILES string of the molecule is COc1ccc(C)c2sc(N(CCCN3CCOCC3)C(=O)COc3cccc(C)c3)nc12. The van der Waals surface area contributed by atoms with Crippen LogP contribution in [-0.4, -0.2) is 68.9 Å². The van der Waals surface area contributed by atoms with Crippen LogP contribution in [-0.2, 0) is 9.53 Å². The van der Waals surface area contributed by atoms with E-state index in [-0.39, 0.29) is 12.5 Å². The Morgan fingerprint density at radius 2 is 2.03 bits per heavy atom. The molecule has 2 heterocycles. The number of morpholine rings is 1. The van der Waals surface area contributed by atoms with Crippen LogP contribution >= 0.6 is 11.3 Å². The number of nitrogens with zero attached hydrogens (tertiary/aromatic N) is 3. The third-order valence-corrected chi connectivity index (χ3v) is 6.97. The first-order valence-electron chi connectivity index (χ1n) is 11.3. The lowest BCUT2D eigenvalue weighted by atomic mass is 10.2. The van der Waals surface area contributed by atoms with Crippen molar-refractivity contribution in [3.05, 3.63) is 47.5 Å². The lowest BCUT2D eigenvalue weighted by molar-refractivity contribution is -0.120. The van der Waals surface area contributed by atoms with Gasteiger partial charge < -0.3 is 14.2 Å². The predicted molar refractivity (Wildman–Crippen MR) is 132 cm³/mol. The molecule has 0 N–H and O–H groups in total. The summed E-state index contributed by atoms with van der Waals surface area (Å²) >= 11 is 1.52. The minimum atomic E-state index is -0.103. The Morgan fingerprint density at radius 1 is 1.21 bits per heavy atom. The van der Waals surface area contributed by atoms with Gasteiger partial charge in [0.05, 0.1) is 25.0 Å². The Hall–Kier alpha value is -2.68. The number of ether oxygens (including phenoxy) is 3. The maximum atomic E-state index is 13.3. The summed E-state index contributed by atoms with van der Waals surface area (Å²) < 4.78 is 17.8. The molecule has 4 rings (SSSR count). The van der Waals surface area contributed by atoms with Crippen LogP contribution in [0.15, 0.2) is 36.4 Å². The zero-order valence-corrected chi connectivity index (χ0v) is 20.3. The third kappa shape index (κ3) is 5.82. The van der Waals surface area contributed by atoms with Gasteiger partial charge in [0, 0.05) is 26.2 Å². The lowest BCUT2D eigenvalue weighted by Gasteiger charge is -2.27. The summed E-state index contributed by atoms with van der Waals surface area (Å²) in [6.07, 6.45) is 0.849. The summed E-state index contributed by atoms with van der Waals surface area (Å²) in [5, 5.41) is 0.678. The van der Waals surface area contributed by atoms with Crippen LogP contribution in [0.1, 0.15) is 17.5 Å². The van der Waals surface area contributed by atoms with Gasteiger partial charge >= 0.3 is 0 Å². The largest absolute Gasteiger partial charge is 0.494 e. The van der Waals surface area contributed by atoms with Crippen molar-refractivity contribution in [1.82, 2.24) is 9.88 Å². The maximum absolute atomic E-state index is 13.3. The Bertz CT molecular complexity index is 1090. The van der Waals surface area contributed by atoms with E-state index in [0.29, 0.717) is 17.4 Å². The molecule has 2 aromatic carbocycles. The summed E-state index contributed by atoms with van der Waals surface area (Å²) in [7, 11) is 1.64. The number of hydrogen-bond acceptors (Lipinski definition) is 7. The first-order valence-corrected chi connectivity index (χ1v) is 12.1. The molecule has 33 heavy (non-hydrogen) atoms. The summed E-state index contributed by atoms with van der Waals surface area (Å²) in [6.45, 7) is 8.91. The van der Waals surface area contributed by atoms with Crippen LogP contribution in [0, 0.1) is 13.8 Å². The standard InChI is InChI=1S/C25H31N3O4S/c1-18-6-4-7-20(16-18)32-17-22(29)28(11-5-10-27-12-14-31-15-13-27)25-26-23-21(30-3)9-8-19(2)24(23)33-25/h4,6-9,16H,5,10-15,17H2,1-3H3. The second-order valence-electron chi connectivity index (χ2n) is 8.22. The van der Waals surface area contributed by atoms with Crippen LogP contribution in [0.3, 0.4) is 0 Å². The Kier molecular flexibility index (Phi) is 7.80. The zero-order valence-electron chi connectivity index (χ0n) is 19.5. The summed E-state index contributed by atoms with van der Waals surface area (Å²) in [5.74, 6) is 1.31. The van der Waals surface area contributed by atoms with Crippen LogP contribution in [0.25, 0.3) is 10.2 Å². The van der Waals surface area contributed by atoms with Crippen molar-refractivity contribution in [2.75, 3.05) is 58.0 Å². The molecule has 0 bridgehead atoms. The average molecular weight is 470 g/mol. The van der Waals surface area contributed by atoms with Gasteiger partial charge in [-0.05, 0) is 49.6 Å². The second kappa shape index (κ2) is 11.0. The molecule has 1 amide bonds. The number of methoxy groups -OCH3 is 1. The molecule has 7 nitrogen and oxygen atoms in total. The Balaban J connectivity index is 1.53. The fourth-order valence-corrected chi connectivity index (χ4v) is 5.01. The molecule has 0 spiro atoms. The van der Waals surface area contributed by atoms with Gasteiger partial charge in [0.2, 0.25) is 0 Å². The molecule has 1 saturated heterocycles. The van der Waals surface area contributed by atoms with Gasteiger partial charge in [-0.15, -0.1) is 0 Å². The zero-order chi connectivity index (χ0) is 23.2. The number of amides is 1. The fraction of sp³-hybridized carbons (Fsp3) is 0.440. The highest BCUT2D eigenvalue weighted by Gasteiger charge is 2.22. The van der Waals surface area contributed by atoms with Gasteiger partial charge in [-0.3, -0.25) is 14.6 Å². The predicted octanol–water partition coefficient (Wildman–Crippen LogP) is 4.06. The number of thiazole rings is 1. The van der Waals surface area contributed by atoms with E-state index < -0.39 is 0 Å². The van der Waals surface area contributed by atoms with Gasteiger partial charge in [-0.2, -0.15) is 0 Å². The topological polar surface area (TPSA) is 64.1 Å². The maximum Gasteiger partial charge on any atom is 0.266 e. The van der Waals surface area contributed by atoms with Gasteiger partial charge in [0.15, 0.2) is 11.7 Å². The van der Waals surface area contributed by atoms with Crippen LogP contribution in [0.5, 0.6) is 11.5 Å². The van der Waals surface area contributed by atoms with Crippen molar-refractivity contribution in [1.29, 1.82) is 0 Å². The number of carbonyl (C=O) groups excluding carboxylic acids is 1. The molecule has 8 heteroatoms. The summed E-state index contributed by atoms with van der Waals surface area (Å²) in [4.78, 5) is 22.3. The second-order valence-corrected chi connectivity index (χ2v) is 9.19. The molecular weight excluding hydrogens is 438 g/mol. The molecule has 0 radical (unpaired) electrons. The summed E-state index contributed by atoms with van der Waals surface area (Å²) in [5.41, 5.74) is 3.01.